The Hall–Kier alpha value is -0.770. The van der Waals surface area contributed by atoms with E-state index in [-0.39, 0.29) is 17.8 Å². The molecular formula is C13H20ClNO2. The topological polar surface area (TPSA) is 52.5 Å². The standard InChI is InChI=1S/C13H20ClNO2/c1-9(2)12(16)5-6-15-8-10-7-11(14)3-4-13(10)17/h3-4,7,9,12,15-17H,5-6,8H2,1-2H3. The van der Waals surface area contributed by atoms with Gasteiger partial charge in [0, 0.05) is 17.1 Å². The summed E-state index contributed by atoms with van der Waals surface area (Å²) in [6.07, 6.45) is 0.425. The molecule has 0 aromatic heterocycles. The lowest BCUT2D eigenvalue weighted by atomic mass is 10.0. The first-order valence-electron chi connectivity index (χ1n) is 5.87. The SMILES string of the molecule is CC(C)C(O)CCNCc1cc(Cl)ccc1O. The van der Waals surface area contributed by atoms with E-state index in [9.17, 15) is 10.2 Å². The van der Waals surface area contributed by atoms with Gasteiger partial charge in [-0.3, -0.25) is 0 Å². The lowest BCUT2D eigenvalue weighted by Gasteiger charge is -2.14. The van der Waals surface area contributed by atoms with Gasteiger partial charge in [-0.05, 0) is 37.1 Å². The molecule has 17 heavy (non-hydrogen) atoms. The van der Waals surface area contributed by atoms with E-state index in [4.69, 9.17) is 11.6 Å². The fourth-order valence-electron chi connectivity index (χ4n) is 1.50. The highest BCUT2D eigenvalue weighted by molar-refractivity contribution is 6.30. The summed E-state index contributed by atoms with van der Waals surface area (Å²) in [5, 5.41) is 23.0. The zero-order valence-electron chi connectivity index (χ0n) is 10.3. The molecule has 4 heteroatoms. The minimum atomic E-state index is -0.282. The summed E-state index contributed by atoms with van der Waals surface area (Å²) in [5.41, 5.74) is 0.775. The van der Waals surface area contributed by atoms with Gasteiger partial charge in [0.05, 0.1) is 6.10 Å². The van der Waals surface area contributed by atoms with Crippen molar-refractivity contribution in [3.8, 4) is 5.75 Å². The molecule has 96 valence electrons. The summed E-state index contributed by atoms with van der Waals surface area (Å²) in [4.78, 5) is 0. The Morgan fingerprint density at radius 3 is 2.71 bits per heavy atom. The summed E-state index contributed by atoms with van der Waals surface area (Å²) < 4.78 is 0. The first-order chi connectivity index (χ1) is 8.00. The highest BCUT2D eigenvalue weighted by Crippen LogP contribution is 2.21. The van der Waals surface area contributed by atoms with Crippen LogP contribution in [0.4, 0.5) is 0 Å². The fourth-order valence-corrected chi connectivity index (χ4v) is 1.70. The molecule has 0 saturated heterocycles. The molecular weight excluding hydrogens is 238 g/mol. The number of hydrogen-bond acceptors (Lipinski definition) is 3. The Morgan fingerprint density at radius 2 is 2.06 bits per heavy atom. The molecule has 0 aliphatic carbocycles. The quantitative estimate of drug-likeness (QED) is 0.687. The van der Waals surface area contributed by atoms with Crippen LogP contribution in [0.25, 0.3) is 0 Å². The molecule has 1 unspecified atom stereocenters. The number of aromatic hydroxyl groups is 1. The third-order valence-corrected chi connectivity index (χ3v) is 2.98. The Balaban J connectivity index is 2.33. The molecule has 1 aromatic rings. The van der Waals surface area contributed by atoms with Gasteiger partial charge in [-0.1, -0.05) is 25.4 Å². The number of benzene rings is 1. The molecule has 0 amide bonds. The number of nitrogens with one attached hydrogen (secondary N) is 1. The van der Waals surface area contributed by atoms with Crippen molar-refractivity contribution in [2.24, 2.45) is 5.92 Å². The van der Waals surface area contributed by atoms with Gasteiger partial charge in [0.1, 0.15) is 5.75 Å². The van der Waals surface area contributed by atoms with E-state index in [1.54, 1.807) is 18.2 Å². The van der Waals surface area contributed by atoms with Gasteiger partial charge in [-0.25, -0.2) is 0 Å². The third-order valence-electron chi connectivity index (χ3n) is 2.74. The van der Waals surface area contributed by atoms with Crippen LogP contribution in [0.2, 0.25) is 5.02 Å². The minimum Gasteiger partial charge on any atom is -0.508 e. The molecule has 0 aliphatic rings. The van der Waals surface area contributed by atoms with Crippen LogP contribution < -0.4 is 5.32 Å². The smallest absolute Gasteiger partial charge is 0.120 e. The van der Waals surface area contributed by atoms with E-state index >= 15 is 0 Å². The van der Waals surface area contributed by atoms with Crippen molar-refractivity contribution in [1.29, 1.82) is 0 Å². The number of phenols is 1. The molecule has 0 aliphatic heterocycles. The predicted octanol–water partition coefficient (Wildman–Crippen LogP) is 2.54. The zero-order valence-corrected chi connectivity index (χ0v) is 11.0. The summed E-state index contributed by atoms with van der Waals surface area (Å²) >= 11 is 5.84. The maximum absolute atomic E-state index is 9.61. The first-order valence-corrected chi connectivity index (χ1v) is 6.24. The molecule has 1 aromatic carbocycles. The van der Waals surface area contributed by atoms with Crippen LogP contribution in [0.1, 0.15) is 25.8 Å². The minimum absolute atomic E-state index is 0.242. The van der Waals surface area contributed by atoms with Crippen molar-refractivity contribution in [1.82, 2.24) is 5.32 Å². The normalized spacial score (nSPS) is 13.0. The molecule has 0 radical (unpaired) electrons. The Kier molecular flexibility index (Phi) is 5.75. The van der Waals surface area contributed by atoms with Crippen molar-refractivity contribution in [2.75, 3.05) is 6.54 Å². The van der Waals surface area contributed by atoms with Crippen LogP contribution in [0.3, 0.4) is 0 Å². The van der Waals surface area contributed by atoms with E-state index < -0.39 is 0 Å². The van der Waals surface area contributed by atoms with Gasteiger partial charge < -0.3 is 15.5 Å². The van der Waals surface area contributed by atoms with Crippen LogP contribution in [0.5, 0.6) is 5.75 Å². The number of rotatable bonds is 6. The van der Waals surface area contributed by atoms with E-state index in [1.165, 1.54) is 0 Å². The van der Waals surface area contributed by atoms with Crippen LogP contribution in [-0.4, -0.2) is 22.9 Å². The van der Waals surface area contributed by atoms with E-state index in [0.29, 0.717) is 24.5 Å². The number of aliphatic hydroxyl groups excluding tert-OH is 1. The molecule has 0 saturated carbocycles. The monoisotopic (exact) mass is 257 g/mol. The predicted molar refractivity (Wildman–Crippen MR) is 70.3 cm³/mol. The van der Waals surface area contributed by atoms with Crippen LogP contribution >= 0.6 is 11.6 Å². The van der Waals surface area contributed by atoms with Crippen molar-refractivity contribution in [3.63, 3.8) is 0 Å². The lowest BCUT2D eigenvalue weighted by molar-refractivity contribution is 0.116. The van der Waals surface area contributed by atoms with Crippen LogP contribution in [0, 0.1) is 5.92 Å². The zero-order chi connectivity index (χ0) is 12.8. The van der Waals surface area contributed by atoms with E-state index in [1.807, 2.05) is 13.8 Å². The fraction of sp³-hybridized carbons (Fsp3) is 0.538. The van der Waals surface area contributed by atoms with Gasteiger partial charge in [0.2, 0.25) is 0 Å². The second-order valence-electron chi connectivity index (χ2n) is 4.55. The third kappa shape index (κ3) is 4.94. The maximum atomic E-state index is 9.61. The molecule has 0 bridgehead atoms. The van der Waals surface area contributed by atoms with Gasteiger partial charge in [-0.15, -0.1) is 0 Å². The second-order valence-corrected chi connectivity index (χ2v) is 4.99. The van der Waals surface area contributed by atoms with Crippen molar-refractivity contribution < 1.29 is 10.2 Å². The highest BCUT2D eigenvalue weighted by Gasteiger charge is 2.08. The maximum Gasteiger partial charge on any atom is 0.120 e. The number of hydrogen-bond donors (Lipinski definition) is 3. The number of aliphatic hydroxyl groups is 1. The lowest BCUT2D eigenvalue weighted by Crippen LogP contribution is -2.23. The largest absolute Gasteiger partial charge is 0.508 e. The highest BCUT2D eigenvalue weighted by atomic mass is 35.5. The molecule has 0 heterocycles. The number of halogens is 1. The van der Waals surface area contributed by atoms with Crippen LogP contribution in [0.15, 0.2) is 18.2 Å². The molecule has 1 rings (SSSR count). The van der Waals surface area contributed by atoms with Gasteiger partial charge in [0.25, 0.3) is 0 Å². The molecule has 1 atom stereocenters. The number of phenolic OH excluding ortho intramolecular Hbond substituents is 1. The summed E-state index contributed by atoms with van der Waals surface area (Å²) in [6.45, 7) is 5.25. The second kappa shape index (κ2) is 6.84. The molecule has 0 spiro atoms. The summed E-state index contributed by atoms with van der Waals surface area (Å²) in [5.74, 6) is 0.516. The van der Waals surface area contributed by atoms with Gasteiger partial charge in [-0.2, -0.15) is 0 Å². The Labute approximate surface area is 107 Å². The van der Waals surface area contributed by atoms with Crippen molar-refractivity contribution >= 4 is 11.6 Å². The Morgan fingerprint density at radius 1 is 1.35 bits per heavy atom. The average Bonchev–Trinajstić information content (AvgIpc) is 2.28. The molecule has 3 N–H and O–H groups in total. The van der Waals surface area contributed by atoms with Crippen molar-refractivity contribution in [3.05, 3.63) is 28.8 Å². The first kappa shape index (κ1) is 14.3. The molecule has 3 nitrogen and oxygen atoms in total. The van der Waals surface area contributed by atoms with Crippen LogP contribution in [-0.2, 0) is 6.54 Å². The summed E-state index contributed by atoms with van der Waals surface area (Å²) in [6, 6.07) is 4.98. The Bertz CT molecular complexity index is 355. The van der Waals surface area contributed by atoms with Crippen molar-refractivity contribution in [2.45, 2.75) is 32.9 Å². The summed E-state index contributed by atoms with van der Waals surface area (Å²) in [7, 11) is 0. The van der Waals surface area contributed by atoms with Gasteiger partial charge in [0.15, 0.2) is 0 Å². The van der Waals surface area contributed by atoms with E-state index in [0.717, 1.165) is 5.56 Å². The van der Waals surface area contributed by atoms with Gasteiger partial charge >= 0.3 is 0 Å². The van der Waals surface area contributed by atoms with E-state index in [2.05, 4.69) is 5.32 Å². The average molecular weight is 258 g/mol. The molecule has 0 fully saturated rings.